The highest BCUT2D eigenvalue weighted by Gasteiger charge is 2.38. The molecule has 43 heavy (non-hydrogen) atoms. The molecular formula is C35H36N4O4. The average Bonchev–Trinajstić information content (AvgIpc) is 3.33. The summed E-state index contributed by atoms with van der Waals surface area (Å²) in [6, 6.07) is 22.6. The number of fused-ring (bicyclic) bond motifs is 2. The molecule has 220 valence electrons. The van der Waals surface area contributed by atoms with Crippen molar-refractivity contribution in [2.75, 3.05) is 23.4 Å². The third-order valence-corrected chi connectivity index (χ3v) is 8.14. The Kier molecular flexibility index (Phi) is 7.62. The van der Waals surface area contributed by atoms with Crippen LogP contribution in [0.1, 0.15) is 65.5 Å². The number of aliphatic hydroxyl groups excluding tert-OH is 1. The van der Waals surface area contributed by atoms with E-state index in [-0.39, 0.29) is 11.3 Å². The summed E-state index contributed by atoms with van der Waals surface area (Å²) in [6.07, 6.45) is 2.90. The van der Waals surface area contributed by atoms with Gasteiger partial charge in [-0.3, -0.25) is 19.5 Å². The number of nitrogens with one attached hydrogen (secondary N) is 2. The molecule has 0 saturated heterocycles. The van der Waals surface area contributed by atoms with E-state index in [0.717, 1.165) is 22.4 Å². The maximum Gasteiger partial charge on any atom is 0.259 e. The van der Waals surface area contributed by atoms with Crippen molar-refractivity contribution in [3.05, 3.63) is 119 Å². The average molecular weight is 577 g/mol. The zero-order valence-corrected chi connectivity index (χ0v) is 24.6. The van der Waals surface area contributed by atoms with Crippen LogP contribution in [0.4, 0.5) is 11.4 Å². The highest BCUT2D eigenvalue weighted by molar-refractivity contribution is 6.10. The largest absolute Gasteiger partial charge is 0.490 e. The number of ether oxygens (including phenoxy) is 1. The minimum Gasteiger partial charge on any atom is -0.490 e. The van der Waals surface area contributed by atoms with Crippen LogP contribution in [0, 0.1) is 0 Å². The van der Waals surface area contributed by atoms with Gasteiger partial charge in [0.25, 0.3) is 5.91 Å². The number of nitrogens with zero attached hydrogens (tertiary/aromatic N) is 2. The van der Waals surface area contributed by atoms with Crippen molar-refractivity contribution in [2.45, 2.75) is 50.8 Å². The molecule has 3 aromatic carbocycles. The summed E-state index contributed by atoms with van der Waals surface area (Å²) in [4.78, 5) is 34.7. The maximum absolute atomic E-state index is 14.5. The number of amides is 2. The van der Waals surface area contributed by atoms with Crippen molar-refractivity contribution in [1.29, 1.82) is 0 Å². The van der Waals surface area contributed by atoms with Gasteiger partial charge in [-0.2, -0.15) is 0 Å². The second kappa shape index (κ2) is 11.5. The van der Waals surface area contributed by atoms with Gasteiger partial charge < -0.3 is 20.5 Å². The van der Waals surface area contributed by atoms with Gasteiger partial charge in [-0.25, -0.2) is 0 Å². The second-order valence-corrected chi connectivity index (χ2v) is 12.1. The predicted octanol–water partition coefficient (Wildman–Crippen LogP) is 5.35. The van der Waals surface area contributed by atoms with Crippen LogP contribution in [0.2, 0.25) is 0 Å². The quantitative estimate of drug-likeness (QED) is 0.286. The molecule has 8 nitrogen and oxygen atoms in total. The number of aromatic nitrogens is 1. The van der Waals surface area contributed by atoms with E-state index in [1.54, 1.807) is 42.7 Å². The van der Waals surface area contributed by atoms with Crippen molar-refractivity contribution in [3.8, 4) is 5.75 Å². The Morgan fingerprint density at radius 3 is 2.58 bits per heavy atom. The summed E-state index contributed by atoms with van der Waals surface area (Å²) in [5, 5.41) is 17.3. The van der Waals surface area contributed by atoms with Crippen LogP contribution in [0.3, 0.4) is 0 Å². The number of carbonyl (C=O) groups excluding carboxylic acids is 2. The zero-order valence-electron chi connectivity index (χ0n) is 24.6. The third kappa shape index (κ3) is 5.70. The van der Waals surface area contributed by atoms with Gasteiger partial charge in [0.05, 0.1) is 17.8 Å². The van der Waals surface area contributed by atoms with Crippen molar-refractivity contribution < 1.29 is 19.4 Å². The highest BCUT2D eigenvalue weighted by Crippen LogP contribution is 2.36. The summed E-state index contributed by atoms with van der Waals surface area (Å²) in [7, 11) is 0. The molecule has 2 amide bonds. The topological polar surface area (TPSA) is 104 Å². The Morgan fingerprint density at radius 1 is 1.05 bits per heavy atom. The Labute approximate surface area is 251 Å². The molecule has 4 aromatic rings. The van der Waals surface area contributed by atoms with Gasteiger partial charge in [-0.05, 0) is 58.5 Å². The minimum absolute atomic E-state index is 0.0936. The van der Waals surface area contributed by atoms with E-state index in [1.165, 1.54) is 4.90 Å². The van der Waals surface area contributed by atoms with Crippen LogP contribution >= 0.6 is 0 Å². The van der Waals surface area contributed by atoms with Crippen molar-refractivity contribution in [2.24, 2.45) is 0 Å². The van der Waals surface area contributed by atoms with Crippen LogP contribution in [0.5, 0.6) is 5.75 Å². The van der Waals surface area contributed by atoms with E-state index >= 15 is 0 Å². The normalized spacial score (nSPS) is 18.0. The van der Waals surface area contributed by atoms with Crippen LogP contribution in [0.25, 0.3) is 0 Å². The first-order chi connectivity index (χ1) is 20.7. The highest BCUT2D eigenvalue weighted by atomic mass is 16.5. The zero-order chi connectivity index (χ0) is 30.1. The van der Waals surface area contributed by atoms with Crippen LogP contribution in [0.15, 0.2) is 91.3 Å². The molecule has 0 spiro atoms. The molecule has 1 aromatic heterocycles. The molecule has 1 aliphatic carbocycles. The van der Waals surface area contributed by atoms with Gasteiger partial charge in [0.2, 0.25) is 5.91 Å². The van der Waals surface area contributed by atoms with Crippen LogP contribution < -0.4 is 20.3 Å². The number of aliphatic hydroxyl groups is 1. The van der Waals surface area contributed by atoms with Gasteiger partial charge in [0.1, 0.15) is 18.4 Å². The Balaban J connectivity index is 1.45. The first-order valence-corrected chi connectivity index (χ1v) is 14.6. The fourth-order valence-corrected chi connectivity index (χ4v) is 5.85. The molecule has 3 atom stereocenters. The molecule has 3 N–H and O–H groups in total. The van der Waals surface area contributed by atoms with Crippen LogP contribution in [-0.2, 0) is 16.6 Å². The number of carbonyl (C=O) groups is 2. The number of benzene rings is 3. The Bertz CT molecular complexity index is 1630. The SMILES string of the molecule is CC(C)(C)c1ccc(N(C(=O)c2ccc3c(c2)NCCO3)C(C(=O)N[C@H]2c3ccccc3C[C@@H]2O)c2cccnc2)cc1. The molecule has 0 fully saturated rings. The molecule has 2 aliphatic rings. The first kappa shape index (κ1) is 28.4. The fourth-order valence-electron chi connectivity index (χ4n) is 5.85. The molecule has 8 heteroatoms. The summed E-state index contributed by atoms with van der Waals surface area (Å²) in [5.74, 6) is -0.0872. The number of hydrogen-bond acceptors (Lipinski definition) is 6. The van der Waals surface area contributed by atoms with Gasteiger partial charge in [-0.15, -0.1) is 0 Å². The lowest BCUT2D eigenvalue weighted by Gasteiger charge is -2.33. The third-order valence-electron chi connectivity index (χ3n) is 8.14. The van der Waals surface area contributed by atoms with E-state index in [9.17, 15) is 14.7 Å². The molecule has 0 radical (unpaired) electrons. The predicted molar refractivity (Wildman–Crippen MR) is 166 cm³/mol. The molecular weight excluding hydrogens is 540 g/mol. The van der Waals surface area contributed by atoms with Crippen LogP contribution in [-0.4, -0.2) is 41.2 Å². The summed E-state index contributed by atoms with van der Waals surface area (Å²) in [5.41, 5.74) is 5.13. The van der Waals surface area contributed by atoms with E-state index in [0.29, 0.717) is 42.1 Å². The lowest BCUT2D eigenvalue weighted by atomic mass is 9.87. The number of anilines is 2. The number of hydrogen-bond donors (Lipinski definition) is 3. The number of pyridine rings is 1. The number of rotatable bonds is 6. The molecule has 6 rings (SSSR count). The van der Waals surface area contributed by atoms with Crippen molar-refractivity contribution >= 4 is 23.2 Å². The summed E-state index contributed by atoms with van der Waals surface area (Å²) in [6.45, 7) is 7.57. The monoisotopic (exact) mass is 576 g/mol. The van der Waals surface area contributed by atoms with E-state index in [2.05, 4.69) is 36.4 Å². The first-order valence-electron chi connectivity index (χ1n) is 14.6. The lowest BCUT2D eigenvalue weighted by Crippen LogP contribution is -2.46. The molecule has 1 unspecified atom stereocenters. The Hall–Kier alpha value is -4.69. The molecule has 2 heterocycles. The van der Waals surface area contributed by atoms with Gasteiger partial charge >= 0.3 is 0 Å². The summed E-state index contributed by atoms with van der Waals surface area (Å²) < 4.78 is 5.73. The van der Waals surface area contributed by atoms with E-state index < -0.39 is 24.1 Å². The fraction of sp³-hybridized carbons (Fsp3) is 0.286. The van der Waals surface area contributed by atoms with Gasteiger partial charge in [-0.1, -0.05) is 63.2 Å². The molecule has 1 aliphatic heterocycles. The minimum atomic E-state index is -1.07. The lowest BCUT2D eigenvalue weighted by molar-refractivity contribution is -0.124. The van der Waals surface area contributed by atoms with Crippen molar-refractivity contribution in [1.82, 2.24) is 10.3 Å². The van der Waals surface area contributed by atoms with Crippen molar-refractivity contribution in [3.63, 3.8) is 0 Å². The molecule has 0 saturated carbocycles. The smallest absolute Gasteiger partial charge is 0.259 e. The van der Waals surface area contributed by atoms with E-state index in [4.69, 9.17) is 4.74 Å². The van der Waals surface area contributed by atoms with Gasteiger partial charge in [0.15, 0.2) is 0 Å². The summed E-state index contributed by atoms with van der Waals surface area (Å²) >= 11 is 0. The second-order valence-electron chi connectivity index (χ2n) is 12.1. The standard InChI is InChI=1S/C35H36N4O4/c1-35(2,3)25-11-13-26(14-12-25)39(34(42)23-10-15-30-28(19-23)37-17-18-43-30)32(24-8-6-16-36-21-24)33(41)38-31-27-9-5-4-7-22(27)20-29(31)40/h4-16,19,21,29,31-32,37,40H,17-18,20H2,1-3H3,(H,38,41)/t29-,31-,32?/m0/s1. The molecule has 0 bridgehead atoms. The van der Waals surface area contributed by atoms with Gasteiger partial charge in [0, 0.05) is 42.2 Å². The maximum atomic E-state index is 14.5. The Morgan fingerprint density at radius 2 is 1.84 bits per heavy atom. The van der Waals surface area contributed by atoms with E-state index in [1.807, 2.05) is 48.5 Å².